The average Bonchev–Trinajstić information content (AvgIpc) is 2.56. The number of hydrogen-bond donors (Lipinski definition) is 1. The van der Waals surface area contributed by atoms with Crippen LogP contribution in [0.15, 0.2) is 6.07 Å². The molecule has 0 saturated carbocycles. The number of ketones is 1. The lowest BCUT2D eigenvalue weighted by atomic mass is 10.2. The van der Waals surface area contributed by atoms with Gasteiger partial charge in [0.05, 0.1) is 11.5 Å². The van der Waals surface area contributed by atoms with Crippen molar-refractivity contribution >= 4 is 34.8 Å². The van der Waals surface area contributed by atoms with Crippen molar-refractivity contribution in [1.29, 1.82) is 0 Å². The zero-order valence-corrected chi connectivity index (χ0v) is 12.8. The van der Waals surface area contributed by atoms with Crippen molar-refractivity contribution in [1.82, 2.24) is 5.32 Å². The molecule has 0 aliphatic carbocycles. The van der Waals surface area contributed by atoms with Gasteiger partial charge < -0.3 is 5.32 Å². The summed E-state index contributed by atoms with van der Waals surface area (Å²) in [7, 11) is 0. The van der Waals surface area contributed by atoms with Crippen LogP contribution >= 0.6 is 23.1 Å². The first-order chi connectivity index (χ1) is 8.40. The average molecular weight is 285 g/mol. The molecule has 0 bridgehead atoms. The van der Waals surface area contributed by atoms with Gasteiger partial charge in [0.25, 0.3) is 0 Å². The third kappa shape index (κ3) is 4.82. The van der Waals surface area contributed by atoms with Crippen molar-refractivity contribution in [2.75, 3.05) is 11.5 Å². The maximum atomic E-state index is 11.9. The Labute approximate surface area is 116 Å². The quantitative estimate of drug-likeness (QED) is 0.818. The molecule has 5 heteroatoms. The summed E-state index contributed by atoms with van der Waals surface area (Å²) in [5.74, 6) is 0.800. The molecule has 0 aromatic carbocycles. The van der Waals surface area contributed by atoms with Crippen LogP contribution in [0, 0.1) is 13.8 Å². The van der Waals surface area contributed by atoms with E-state index in [0.717, 1.165) is 15.3 Å². The summed E-state index contributed by atoms with van der Waals surface area (Å²) in [5.41, 5.74) is 0.800. The van der Waals surface area contributed by atoms with Crippen molar-refractivity contribution in [3.05, 3.63) is 21.4 Å². The summed E-state index contributed by atoms with van der Waals surface area (Å²) < 4.78 is 0. The predicted octanol–water partition coefficient (Wildman–Crippen LogP) is 2.81. The van der Waals surface area contributed by atoms with Crippen LogP contribution in [0.3, 0.4) is 0 Å². The largest absolute Gasteiger partial charge is 0.353 e. The SMILES string of the molecule is Cc1cc(C(=O)CSCC(=O)NC(C)C)c(C)s1. The zero-order chi connectivity index (χ0) is 13.7. The first kappa shape index (κ1) is 15.2. The van der Waals surface area contributed by atoms with E-state index in [-0.39, 0.29) is 17.7 Å². The molecule has 1 aromatic rings. The second-order valence-corrected chi connectivity index (χ2v) is 6.91. The smallest absolute Gasteiger partial charge is 0.230 e. The van der Waals surface area contributed by atoms with E-state index in [1.807, 2.05) is 33.8 Å². The van der Waals surface area contributed by atoms with Crippen LogP contribution in [0.25, 0.3) is 0 Å². The van der Waals surface area contributed by atoms with Gasteiger partial charge in [0, 0.05) is 21.4 Å². The minimum absolute atomic E-state index is 0.0129. The van der Waals surface area contributed by atoms with E-state index in [2.05, 4.69) is 5.32 Å². The van der Waals surface area contributed by atoms with Gasteiger partial charge in [0.1, 0.15) is 0 Å². The highest BCUT2D eigenvalue weighted by molar-refractivity contribution is 8.00. The van der Waals surface area contributed by atoms with Gasteiger partial charge >= 0.3 is 0 Å². The minimum atomic E-state index is -0.0129. The van der Waals surface area contributed by atoms with E-state index >= 15 is 0 Å². The second kappa shape index (κ2) is 6.95. The highest BCUT2D eigenvalue weighted by Gasteiger charge is 2.12. The summed E-state index contributed by atoms with van der Waals surface area (Å²) in [6.45, 7) is 7.80. The molecule has 1 aromatic heterocycles. The van der Waals surface area contributed by atoms with Gasteiger partial charge in [-0.15, -0.1) is 23.1 Å². The maximum absolute atomic E-state index is 11.9. The molecule has 0 atom stereocenters. The lowest BCUT2D eigenvalue weighted by Crippen LogP contribution is -2.31. The highest BCUT2D eigenvalue weighted by atomic mass is 32.2. The van der Waals surface area contributed by atoms with Gasteiger partial charge in [-0.05, 0) is 33.8 Å². The Balaban J connectivity index is 2.38. The van der Waals surface area contributed by atoms with Crippen LogP contribution in [-0.2, 0) is 4.79 Å². The molecule has 0 aliphatic rings. The number of aryl methyl sites for hydroxylation is 2. The number of rotatable bonds is 6. The normalized spacial score (nSPS) is 10.7. The van der Waals surface area contributed by atoms with Crippen LogP contribution in [-0.4, -0.2) is 29.2 Å². The lowest BCUT2D eigenvalue weighted by Gasteiger charge is -2.07. The number of carbonyl (C=O) groups excluding carboxylic acids is 2. The third-order valence-corrected chi connectivity index (χ3v) is 4.16. The summed E-state index contributed by atoms with van der Waals surface area (Å²) in [4.78, 5) is 25.5. The van der Waals surface area contributed by atoms with E-state index in [0.29, 0.717) is 11.5 Å². The Morgan fingerprint density at radius 3 is 2.50 bits per heavy atom. The number of thioether (sulfide) groups is 1. The van der Waals surface area contributed by atoms with E-state index < -0.39 is 0 Å². The van der Waals surface area contributed by atoms with Crippen LogP contribution < -0.4 is 5.32 Å². The van der Waals surface area contributed by atoms with E-state index in [9.17, 15) is 9.59 Å². The molecule has 1 heterocycles. The van der Waals surface area contributed by atoms with Crippen LogP contribution in [0.5, 0.6) is 0 Å². The molecule has 0 spiro atoms. The molecular formula is C13H19NO2S2. The number of thiophene rings is 1. The molecule has 1 amide bonds. The van der Waals surface area contributed by atoms with Crippen molar-refractivity contribution in [3.8, 4) is 0 Å². The molecule has 1 N–H and O–H groups in total. The topological polar surface area (TPSA) is 46.2 Å². The second-order valence-electron chi connectivity index (χ2n) is 4.47. The summed E-state index contributed by atoms with van der Waals surface area (Å²) in [6.07, 6.45) is 0. The van der Waals surface area contributed by atoms with Gasteiger partial charge in [-0.3, -0.25) is 9.59 Å². The fourth-order valence-electron chi connectivity index (χ4n) is 1.59. The van der Waals surface area contributed by atoms with Gasteiger partial charge in [0.15, 0.2) is 5.78 Å². The highest BCUT2D eigenvalue weighted by Crippen LogP contribution is 2.22. The molecule has 0 fully saturated rings. The van der Waals surface area contributed by atoms with E-state index in [4.69, 9.17) is 0 Å². The fourth-order valence-corrected chi connectivity index (χ4v) is 3.24. The lowest BCUT2D eigenvalue weighted by molar-refractivity contribution is -0.119. The molecular weight excluding hydrogens is 266 g/mol. The first-order valence-corrected chi connectivity index (χ1v) is 7.84. The fraction of sp³-hybridized carbons (Fsp3) is 0.538. The van der Waals surface area contributed by atoms with Crippen molar-refractivity contribution < 1.29 is 9.59 Å². The first-order valence-electron chi connectivity index (χ1n) is 5.87. The zero-order valence-electron chi connectivity index (χ0n) is 11.2. The standard InChI is InChI=1S/C13H19NO2S2/c1-8(2)14-13(16)7-17-6-12(15)11-5-9(3)18-10(11)4/h5,8H,6-7H2,1-4H3,(H,14,16). The number of hydrogen-bond acceptors (Lipinski definition) is 4. The monoisotopic (exact) mass is 285 g/mol. The van der Waals surface area contributed by atoms with Crippen LogP contribution in [0.4, 0.5) is 0 Å². The van der Waals surface area contributed by atoms with Crippen LogP contribution in [0.2, 0.25) is 0 Å². The number of nitrogens with one attached hydrogen (secondary N) is 1. The molecule has 100 valence electrons. The van der Waals surface area contributed by atoms with Gasteiger partial charge in [-0.1, -0.05) is 0 Å². The summed E-state index contributed by atoms with van der Waals surface area (Å²) in [5, 5.41) is 2.80. The Kier molecular flexibility index (Phi) is 5.88. The number of Topliss-reactive ketones (excluding diaryl/α,β-unsaturated/α-hetero) is 1. The molecule has 18 heavy (non-hydrogen) atoms. The molecule has 0 saturated heterocycles. The predicted molar refractivity (Wildman–Crippen MR) is 78.7 cm³/mol. The van der Waals surface area contributed by atoms with Crippen molar-refractivity contribution in [2.45, 2.75) is 33.7 Å². The van der Waals surface area contributed by atoms with Crippen LogP contribution in [0.1, 0.15) is 34.0 Å². The Morgan fingerprint density at radius 2 is 2.00 bits per heavy atom. The number of amides is 1. The molecule has 0 unspecified atom stereocenters. The van der Waals surface area contributed by atoms with Gasteiger partial charge in [-0.25, -0.2) is 0 Å². The van der Waals surface area contributed by atoms with E-state index in [1.54, 1.807) is 11.3 Å². The third-order valence-electron chi connectivity index (χ3n) is 2.26. The Bertz CT molecular complexity index is 438. The van der Waals surface area contributed by atoms with Crippen molar-refractivity contribution in [2.24, 2.45) is 0 Å². The van der Waals surface area contributed by atoms with Gasteiger partial charge in [-0.2, -0.15) is 0 Å². The Hall–Kier alpha value is -0.810. The Morgan fingerprint density at radius 1 is 1.33 bits per heavy atom. The van der Waals surface area contributed by atoms with E-state index in [1.165, 1.54) is 11.8 Å². The summed E-state index contributed by atoms with van der Waals surface area (Å²) >= 11 is 3.00. The maximum Gasteiger partial charge on any atom is 0.230 e. The molecule has 0 radical (unpaired) electrons. The number of carbonyl (C=O) groups is 2. The van der Waals surface area contributed by atoms with Gasteiger partial charge in [0.2, 0.25) is 5.91 Å². The summed E-state index contributed by atoms with van der Waals surface area (Å²) in [6, 6.07) is 2.08. The molecule has 3 nitrogen and oxygen atoms in total. The minimum Gasteiger partial charge on any atom is -0.353 e. The molecule has 1 rings (SSSR count). The molecule has 0 aliphatic heterocycles. The van der Waals surface area contributed by atoms with Crippen molar-refractivity contribution in [3.63, 3.8) is 0 Å².